The molecule has 84 valence electrons. The van der Waals surface area contributed by atoms with E-state index in [-0.39, 0.29) is 5.54 Å². The van der Waals surface area contributed by atoms with Crippen molar-refractivity contribution < 1.29 is 0 Å². The second-order valence-electron chi connectivity index (χ2n) is 5.18. The summed E-state index contributed by atoms with van der Waals surface area (Å²) in [4.78, 5) is 2.51. The van der Waals surface area contributed by atoms with Crippen molar-refractivity contribution in [2.75, 3.05) is 19.6 Å². The second kappa shape index (κ2) is 5.13. The maximum Gasteiger partial charge on any atom is 0.0412 e. The van der Waals surface area contributed by atoms with Gasteiger partial charge in [0, 0.05) is 25.2 Å². The van der Waals surface area contributed by atoms with Gasteiger partial charge in [-0.25, -0.2) is 0 Å². The third-order valence-electron chi connectivity index (χ3n) is 3.18. The van der Waals surface area contributed by atoms with E-state index in [2.05, 4.69) is 25.7 Å². The molecule has 1 heterocycles. The highest BCUT2D eigenvalue weighted by Crippen LogP contribution is 2.24. The maximum absolute atomic E-state index is 6.21. The van der Waals surface area contributed by atoms with Gasteiger partial charge in [-0.05, 0) is 18.8 Å². The number of nitrogens with two attached hydrogens (primary N) is 1. The fourth-order valence-electron chi connectivity index (χ4n) is 2.65. The summed E-state index contributed by atoms with van der Waals surface area (Å²) in [6, 6.07) is 0. The van der Waals surface area contributed by atoms with E-state index >= 15 is 0 Å². The third-order valence-corrected chi connectivity index (χ3v) is 3.18. The molecule has 0 amide bonds. The highest BCUT2D eigenvalue weighted by Gasteiger charge is 2.38. The van der Waals surface area contributed by atoms with Crippen molar-refractivity contribution in [1.29, 1.82) is 0 Å². The van der Waals surface area contributed by atoms with Crippen molar-refractivity contribution in [3.63, 3.8) is 0 Å². The van der Waals surface area contributed by atoms with E-state index in [4.69, 9.17) is 5.73 Å². The van der Waals surface area contributed by atoms with Gasteiger partial charge in [-0.3, -0.25) is 4.90 Å². The molecule has 0 aromatic heterocycles. The molecule has 0 saturated carbocycles. The highest BCUT2D eigenvalue weighted by molar-refractivity contribution is 4.99. The molecule has 1 aliphatic rings. The first-order valence-corrected chi connectivity index (χ1v) is 6.11. The number of hydrogen-bond donors (Lipinski definition) is 1. The van der Waals surface area contributed by atoms with Crippen molar-refractivity contribution in [1.82, 2.24) is 4.90 Å². The zero-order chi connectivity index (χ0) is 10.6. The van der Waals surface area contributed by atoms with Crippen LogP contribution in [0.3, 0.4) is 0 Å². The molecule has 2 heteroatoms. The summed E-state index contributed by atoms with van der Waals surface area (Å²) in [7, 11) is 0. The zero-order valence-electron chi connectivity index (χ0n) is 10.1. The minimum absolute atomic E-state index is 0.153. The van der Waals surface area contributed by atoms with Crippen LogP contribution in [-0.2, 0) is 0 Å². The molecule has 1 rings (SSSR count). The SMILES string of the molecule is CCCC(C)CN1CC(N)(CCC)C1. The predicted octanol–water partition coefficient (Wildman–Crippen LogP) is 2.24. The molecule has 0 bridgehead atoms. The summed E-state index contributed by atoms with van der Waals surface area (Å²) in [5.41, 5.74) is 6.37. The Hall–Kier alpha value is -0.0800. The lowest BCUT2D eigenvalue weighted by Gasteiger charge is -2.49. The Morgan fingerprint density at radius 3 is 2.43 bits per heavy atom. The summed E-state index contributed by atoms with van der Waals surface area (Å²) in [6.45, 7) is 10.3. The number of rotatable bonds is 6. The van der Waals surface area contributed by atoms with E-state index < -0.39 is 0 Å². The standard InChI is InChI=1S/C12H26N2/c1-4-6-11(3)8-14-9-12(13,10-14)7-5-2/h11H,4-10,13H2,1-3H3. The average Bonchev–Trinajstić information content (AvgIpc) is 2.02. The van der Waals surface area contributed by atoms with Gasteiger partial charge in [-0.15, -0.1) is 0 Å². The van der Waals surface area contributed by atoms with Gasteiger partial charge in [-0.1, -0.05) is 33.6 Å². The van der Waals surface area contributed by atoms with Crippen molar-refractivity contribution in [3.8, 4) is 0 Å². The Bertz CT molecular complexity index is 159. The van der Waals surface area contributed by atoms with E-state index in [0.717, 1.165) is 19.0 Å². The first-order valence-electron chi connectivity index (χ1n) is 6.11. The Balaban J connectivity index is 2.14. The van der Waals surface area contributed by atoms with Crippen LogP contribution in [-0.4, -0.2) is 30.1 Å². The normalized spacial score (nSPS) is 23.1. The van der Waals surface area contributed by atoms with Crippen molar-refractivity contribution >= 4 is 0 Å². The van der Waals surface area contributed by atoms with Gasteiger partial charge in [0.15, 0.2) is 0 Å². The molecule has 14 heavy (non-hydrogen) atoms. The predicted molar refractivity (Wildman–Crippen MR) is 62.3 cm³/mol. The molecule has 2 N–H and O–H groups in total. The molecular formula is C12H26N2. The quantitative estimate of drug-likeness (QED) is 0.709. The molecule has 1 fully saturated rings. The van der Waals surface area contributed by atoms with Gasteiger partial charge in [0.1, 0.15) is 0 Å². The molecular weight excluding hydrogens is 172 g/mol. The Kier molecular flexibility index (Phi) is 4.39. The van der Waals surface area contributed by atoms with Crippen LogP contribution in [0.15, 0.2) is 0 Å². The Morgan fingerprint density at radius 2 is 1.93 bits per heavy atom. The first-order chi connectivity index (χ1) is 6.59. The summed E-state index contributed by atoms with van der Waals surface area (Å²) >= 11 is 0. The van der Waals surface area contributed by atoms with Gasteiger partial charge < -0.3 is 5.73 Å². The molecule has 1 aliphatic heterocycles. The fraction of sp³-hybridized carbons (Fsp3) is 1.00. The largest absolute Gasteiger partial charge is 0.323 e. The van der Waals surface area contributed by atoms with Crippen LogP contribution in [0.5, 0.6) is 0 Å². The van der Waals surface area contributed by atoms with Crippen molar-refractivity contribution in [2.45, 2.75) is 52.0 Å². The van der Waals surface area contributed by atoms with Crippen molar-refractivity contribution in [3.05, 3.63) is 0 Å². The van der Waals surface area contributed by atoms with E-state index in [1.165, 1.54) is 32.2 Å². The lowest BCUT2D eigenvalue weighted by molar-refractivity contribution is 0.0500. The van der Waals surface area contributed by atoms with Crippen LogP contribution in [0.2, 0.25) is 0 Å². The number of hydrogen-bond acceptors (Lipinski definition) is 2. The third kappa shape index (κ3) is 3.25. The van der Waals surface area contributed by atoms with Crippen molar-refractivity contribution in [2.24, 2.45) is 11.7 Å². The minimum atomic E-state index is 0.153. The second-order valence-corrected chi connectivity index (χ2v) is 5.18. The minimum Gasteiger partial charge on any atom is -0.323 e. The lowest BCUT2D eigenvalue weighted by Crippen LogP contribution is -2.67. The lowest BCUT2D eigenvalue weighted by atomic mass is 9.85. The van der Waals surface area contributed by atoms with Crippen LogP contribution in [0.4, 0.5) is 0 Å². The van der Waals surface area contributed by atoms with E-state index in [9.17, 15) is 0 Å². The van der Waals surface area contributed by atoms with Crippen LogP contribution >= 0.6 is 0 Å². The highest BCUT2D eigenvalue weighted by atomic mass is 15.2. The molecule has 0 aromatic rings. The Morgan fingerprint density at radius 1 is 1.29 bits per heavy atom. The smallest absolute Gasteiger partial charge is 0.0412 e. The van der Waals surface area contributed by atoms with Gasteiger partial charge in [0.25, 0.3) is 0 Å². The zero-order valence-corrected chi connectivity index (χ0v) is 10.1. The number of nitrogens with zero attached hydrogens (tertiary/aromatic N) is 1. The van der Waals surface area contributed by atoms with E-state index in [0.29, 0.717) is 0 Å². The monoisotopic (exact) mass is 198 g/mol. The van der Waals surface area contributed by atoms with Gasteiger partial charge >= 0.3 is 0 Å². The van der Waals surface area contributed by atoms with E-state index in [1.807, 2.05) is 0 Å². The molecule has 0 spiro atoms. The summed E-state index contributed by atoms with van der Waals surface area (Å²) in [5, 5.41) is 0. The average molecular weight is 198 g/mol. The maximum atomic E-state index is 6.21. The fourth-order valence-corrected chi connectivity index (χ4v) is 2.65. The topological polar surface area (TPSA) is 29.3 Å². The number of likely N-dealkylation sites (tertiary alicyclic amines) is 1. The summed E-state index contributed by atoms with van der Waals surface area (Å²) in [5.74, 6) is 0.839. The van der Waals surface area contributed by atoms with Crippen LogP contribution in [0.25, 0.3) is 0 Å². The molecule has 0 aliphatic carbocycles. The van der Waals surface area contributed by atoms with Crippen LogP contribution in [0.1, 0.15) is 46.5 Å². The van der Waals surface area contributed by atoms with Gasteiger partial charge in [0.05, 0.1) is 0 Å². The first kappa shape index (κ1) is 12.0. The molecule has 0 aromatic carbocycles. The van der Waals surface area contributed by atoms with Gasteiger partial charge in [0.2, 0.25) is 0 Å². The molecule has 1 saturated heterocycles. The van der Waals surface area contributed by atoms with Crippen LogP contribution < -0.4 is 5.73 Å². The molecule has 0 radical (unpaired) electrons. The summed E-state index contributed by atoms with van der Waals surface area (Å²) in [6.07, 6.45) is 5.06. The molecule has 1 unspecified atom stereocenters. The van der Waals surface area contributed by atoms with E-state index in [1.54, 1.807) is 0 Å². The Labute approximate surface area is 88.8 Å². The van der Waals surface area contributed by atoms with Crippen LogP contribution in [0, 0.1) is 5.92 Å². The van der Waals surface area contributed by atoms with Gasteiger partial charge in [-0.2, -0.15) is 0 Å². The molecule has 2 nitrogen and oxygen atoms in total. The molecule has 1 atom stereocenters. The summed E-state index contributed by atoms with van der Waals surface area (Å²) < 4.78 is 0.